The molecule has 0 aromatic rings. The number of aliphatic hydroxyl groups excluding tert-OH is 5. The van der Waals surface area contributed by atoms with Gasteiger partial charge in [-0.25, -0.2) is 4.79 Å². The van der Waals surface area contributed by atoms with Crippen molar-refractivity contribution in [3.05, 3.63) is 11.8 Å². The highest BCUT2D eigenvalue weighted by Gasteiger charge is 2.67. The zero-order chi connectivity index (χ0) is 21.7. The van der Waals surface area contributed by atoms with Gasteiger partial charge in [0.1, 0.15) is 35.6 Å². The van der Waals surface area contributed by atoms with Crippen molar-refractivity contribution in [1.82, 2.24) is 0 Å². The molecule has 2 heterocycles. The van der Waals surface area contributed by atoms with Crippen molar-refractivity contribution >= 4 is 5.97 Å². The average Bonchev–Trinajstić information content (AvgIpc) is 2.86. The first-order valence-electron chi connectivity index (χ1n) is 9.02. The van der Waals surface area contributed by atoms with E-state index in [2.05, 4.69) is 4.74 Å². The van der Waals surface area contributed by atoms with Crippen molar-refractivity contribution in [1.29, 1.82) is 0 Å². The lowest BCUT2D eigenvalue weighted by molar-refractivity contribution is -0.352. The second-order valence-electron chi connectivity index (χ2n) is 7.71. The van der Waals surface area contributed by atoms with Gasteiger partial charge in [-0.05, 0) is 6.92 Å². The van der Waals surface area contributed by atoms with Gasteiger partial charge in [-0.1, -0.05) is 0 Å². The van der Waals surface area contributed by atoms with Crippen LogP contribution in [0.1, 0.15) is 13.3 Å². The van der Waals surface area contributed by atoms with Crippen LogP contribution in [0.5, 0.6) is 0 Å². The summed E-state index contributed by atoms with van der Waals surface area (Å²) >= 11 is 0. The van der Waals surface area contributed by atoms with E-state index >= 15 is 0 Å². The topological polar surface area (TPSA) is 196 Å². The van der Waals surface area contributed by atoms with Gasteiger partial charge in [0.15, 0.2) is 6.29 Å². The molecule has 0 aromatic heterocycles. The smallest absolute Gasteiger partial charge is 0.339 e. The van der Waals surface area contributed by atoms with Crippen LogP contribution in [0.25, 0.3) is 0 Å². The van der Waals surface area contributed by atoms with Gasteiger partial charge >= 0.3 is 5.97 Å². The SMILES string of the molecule is COC(=O)C1=CO[C@H](O[C@H]2O[C@@H](CO)[C@H](O)[C@@H](O)[C@@H]2O)[C@H]2[C@](C)(O)[C@H](O)C[C@@]12O. The molecule has 0 radical (unpaired) electrons. The highest BCUT2D eigenvalue weighted by atomic mass is 16.8. The largest absolute Gasteiger partial charge is 0.471 e. The number of carbonyl (C=O) groups excluding carboxylic acids is 1. The van der Waals surface area contributed by atoms with E-state index in [1.54, 1.807) is 0 Å². The summed E-state index contributed by atoms with van der Waals surface area (Å²) in [4.78, 5) is 12.1. The van der Waals surface area contributed by atoms with Gasteiger partial charge in [0.25, 0.3) is 0 Å². The molecule has 3 rings (SSSR count). The van der Waals surface area contributed by atoms with Crippen molar-refractivity contribution < 1.29 is 59.5 Å². The maximum atomic E-state index is 12.1. The van der Waals surface area contributed by atoms with Gasteiger partial charge in [-0.3, -0.25) is 0 Å². The third-order valence-electron chi connectivity index (χ3n) is 5.90. The summed E-state index contributed by atoms with van der Waals surface area (Å²) in [7, 11) is 1.08. The van der Waals surface area contributed by atoms with Gasteiger partial charge in [0.05, 0.1) is 37.6 Å². The lowest BCUT2D eigenvalue weighted by Gasteiger charge is -2.46. The first-order valence-corrected chi connectivity index (χ1v) is 9.02. The van der Waals surface area contributed by atoms with Crippen molar-refractivity contribution in [2.24, 2.45) is 5.92 Å². The molecule has 1 saturated carbocycles. The van der Waals surface area contributed by atoms with Crippen molar-refractivity contribution in [3.63, 3.8) is 0 Å². The number of methoxy groups -OCH3 is 1. The van der Waals surface area contributed by atoms with Crippen LogP contribution in [0.3, 0.4) is 0 Å². The molecule has 2 fully saturated rings. The van der Waals surface area contributed by atoms with Crippen molar-refractivity contribution in [2.75, 3.05) is 13.7 Å². The number of esters is 1. The van der Waals surface area contributed by atoms with Crippen LogP contribution in [0.2, 0.25) is 0 Å². The fourth-order valence-electron chi connectivity index (χ4n) is 4.17. The Morgan fingerprint density at radius 1 is 1.17 bits per heavy atom. The summed E-state index contributed by atoms with van der Waals surface area (Å²) < 4.78 is 20.7. The molecule has 1 aliphatic carbocycles. The molecule has 1 saturated heterocycles. The van der Waals surface area contributed by atoms with E-state index in [0.717, 1.165) is 13.4 Å². The standard InChI is InChI=1S/C17H26O12/c1-16(24)8(19)3-17(25)6(13(23)26-2)5-27-15(12(16)17)29-14-11(22)10(21)9(20)7(4-18)28-14/h5,7-12,14-15,18-22,24-25H,3-4H2,1-2H3/t7-,8+,9-,10+,11-,12-,14+,15+,16+,17+/m0/s1. The molecule has 7 N–H and O–H groups in total. The molecule has 3 aliphatic rings. The Morgan fingerprint density at radius 3 is 2.41 bits per heavy atom. The van der Waals surface area contributed by atoms with Gasteiger partial charge in [0, 0.05) is 6.42 Å². The Balaban J connectivity index is 1.92. The normalized spacial score (nSPS) is 49.8. The summed E-state index contributed by atoms with van der Waals surface area (Å²) in [5.74, 6) is -2.36. The average molecular weight is 422 g/mol. The highest BCUT2D eigenvalue weighted by Crippen LogP contribution is 2.52. The zero-order valence-electron chi connectivity index (χ0n) is 15.8. The Kier molecular flexibility index (Phi) is 5.95. The highest BCUT2D eigenvalue weighted by molar-refractivity contribution is 5.91. The van der Waals surface area contributed by atoms with Gasteiger partial charge in [-0.2, -0.15) is 0 Å². The monoisotopic (exact) mass is 422 g/mol. The lowest BCUT2D eigenvalue weighted by Crippen LogP contribution is -2.62. The van der Waals surface area contributed by atoms with E-state index in [0.29, 0.717) is 0 Å². The van der Waals surface area contributed by atoms with Crippen LogP contribution >= 0.6 is 0 Å². The van der Waals surface area contributed by atoms with Gasteiger partial charge < -0.3 is 54.7 Å². The molecule has 0 spiro atoms. The minimum Gasteiger partial charge on any atom is -0.471 e. The van der Waals surface area contributed by atoms with E-state index in [1.807, 2.05) is 0 Å². The Labute approximate surface area is 165 Å². The molecule has 0 bridgehead atoms. The number of hydrogen-bond donors (Lipinski definition) is 7. The second kappa shape index (κ2) is 7.72. The Morgan fingerprint density at radius 2 is 1.83 bits per heavy atom. The predicted octanol–water partition coefficient (Wildman–Crippen LogP) is -3.92. The van der Waals surface area contributed by atoms with Crippen LogP contribution in [0.15, 0.2) is 11.8 Å². The van der Waals surface area contributed by atoms with Gasteiger partial charge in [-0.15, -0.1) is 0 Å². The van der Waals surface area contributed by atoms with Gasteiger partial charge in [0.2, 0.25) is 6.29 Å². The molecular weight excluding hydrogens is 396 g/mol. The van der Waals surface area contributed by atoms with Crippen LogP contribution in [-0.2, 0) is 23.7 Å². The third kappa shape index (κ3) is 3.44. The van der Waals surface area contributed by atoms with Crippen molar-refractivity contribution in [2.45, 2.75) is 67.6 Å². The summed E-state index contributed by atoms with van der Waals surface area (Å²) in [5, 5.41) is 71.4. The van der Waals surface area contributed by atoms with E-state index in [1.165, 1.54) is 6.92 Å². The lowest BCUT2D eigenvalue weighted by atomic mass is 9.77. The summed E-state index contributed by atoms with van der Waals surface area (Å²) in [5.41, 5.74) is -4.41. The van der Waals surface area contributed by atoms with Crippen molar-refractivity contribution in [3.8, 4) is 0 Å². The molecule has 12 heteroatoms. The Bertz CT molecular complexity index is 663. The number of fused-ring (bicyclic) bond motifs is 1. The molecule has 12 nitrogen and oxygen atoms in total. The van der Waals surface area contributed by atoms with E-state index < -0.39 is 79.2 Å². The summed E-state index contributed by atoms with van der Waals surface area (Å²) in [6, 6.07) is 0. The third-order valence-corrected chi connectivity index (χ3v) is 5.90. The maximum absolute atomic E-state index is 12.1. The van der Waals surface area contributed by atoms with Crippen LogP contribution in [0, 0.1) is 5.92 Å². The number of hydrogen-bond acceptors (Lipinski definition) is 12. The maximum Gasteiger partial charge on any atom is 0.339 e. The molecule has 0 unspecified atom stereocenters. The minimum atomic E-state index is -2.09. The van der Waals surface area contributed by atoms with E-state index in [-0.39, 0.29) is 5.57 Å². The second-order valence-corrected chi connectivity index (χ2v) is 7.71. The molecule has 29 heavy (non-hydrogen) atoms. The summed E-state index contributed by atoms with van der Waals surface area (Å²) in [6.07, 6.45) is -10.5. The molecule has 0 amide bonds. The summed E-state index contributed by atoms with van der Waals surface area (Å²) in [6.45, 7) is 0.528. The van der Waals surface area contributed by atoms with E-state index in [9.17, 15) is 40.5 Å². The van der Waals surface area contributed by atoms with Crippen LogP contribution in [-0.4, -0.2) is 110 Å². The molecular formula is C17H26O12. The van der Waals surface area contributed by atoms with E-state index in [4.69, 9.17) is 14.2 Å². The number of ether oxygens (including phenoxy) is 4. The molecule has 0 aromatic carbocycles. The molecule has 2 aliphatic heterocycles. The Hall–Kier alpha value is -1.35. The number of carbonyl (C=O) groups is 1. The van der Waals surface area contributed by atoms with Crippen LogP contribution < -0.4 is 0 Å². The molecule has 10 atom stereocenters. The number of rotatable bonds is 4. The predicted molar refractivity (Wildman–Crippen MR) is 89.5 cm³/mol. The molecule has 166 valence electrons. The first kappa shape index (κ1) is 22.3. The fourth-order valence-corrected chi connectivity index (χ4v) is 4.17. The fraction of sp³-hybridized carbons (Fsp3) is 0.824. The zero-order valence-corrected chi connectivity index (χ0v) is 15.8. The van der Waals surface area contributed by atoms with Crippen LogP contribution in [0.4, 0.5) is 0 Å². The number of aliphatic hydroxyl groups is 7. The first-order chi connectivity index (χ1) is 13.5. The minimum absolute atomic E-state index is 0.338. The quantitative estimate of drug-likeness (QED) is 0.218.